The Kier molecular flexibility index (Phi) is 6.95. The first-order valence-corrected chi connectivity index (χ1v) is 13.4. The normalized spacial score (nSPS) is 22.7. The predicted molar refractivity (Wildman–Crippen MR) is 150 cm³/mol. The van der Waals surface area contributed by atoms with Crippen molar-refractivity contribution in [3.05, 3.63) is 108 Å². The van der Waals surface area contributed by atoms with E-state index < -0.39 is 5.41 Å². The van der Waals surface area contributed by atoms with Gasteiger partial charge in [0.1, 0.15) is 19.8 Å². The second-order valence-corrected chi connectivity index (χ2v) is 10.4. The molecule has 3 aromatic rings. The monoisotopic (exact) mass is 507 g/mol. The van der Waals surface area contributed by atoms with Gasteiger partial charge in [-0.05, 0) is 42.9 Å². The third-order valence-corrected chi connectivity index (χ3v) is 7.36. The quantitative estimate of drug-likeness (QED) is 0.404. The number of hydrogen-bond donors (Lipinski definition) is 0. The van der Waals surface area contributed by atoms with Gasteiger partial charge in [0.05, 0.1) is 18.1 Å². The van der Waals surface area contributed by atoms with Crippen LogP contribution in [0.2, 0.25) is 0 Å². The van der Waals surface area contributed by atoms with Crippen molar-refractivity contribution in [2.75, 3.05) is 19.8 Å². The maximum Gasteiger partial charge on any atom is 0.209 e. The van der Waals surface area contributed by atoms with Crippen LogP contribution in [-0.2, 0) is 33.5 Å². The van der Waals surface area contributed by atoms with Gasteiger partial charge in [-0.15, -0.1) is 0 Å². The molecule has 0 bridgehead atoms. The fourth-order valence-electron chi connectivity index (χ4n) is 5.31. The fraction of sp³-hybridized carbons (Fsp3) is 0.344. The average Bonchev–Trinajstić information content (AvgIpc) is 3.73. The zero-order valence-electron chi connectivity index (χ0n) is 21.7. The van der Waals surface area contributed by atoms with Gasteiger partial charge in [-0.2, -0.15) is 0 Å². The van der Waals surface area contributed by atoms with Gasteiger partial charge in [0, 0.05) is 0 Å². The van der Waals surface area contributed by atoms with Gasteiger partial charge in [0.25, 0.3) is 0 Å². The number of rotatable bonds is 9. The predicted octanol–water partition coefficient (Wildman–Crippen LogP) is 5.11. The van der Waals surface area contributed by atoms with Crippen LogP contribution in [0.5, 0.6) is 0 Å². The van der Waals surface area contributed by atoms with E-state index >= 15 is 0 Å². The zero-order valence-corrected chi connectivity index (χ0v) is 21.7. The van der Waals surface area contributed by atoms with Crippen LogP contribution in [0, 0.1) is 5.41 Å². The topological polar surface area (TPSA) is 64.8 Å². The molecule has 38 heavy (non-hydrogen) atoms. The van der Waals surface area contributed by atoms with Gasteiger partial charge in [0.2, 0.25) is 17.7 Å². The summed E-state index contributed by atoms with van der Waals surface area (Å²) in [6.07, 6.45) is 2.44. The van der Waals surface area contributed by atoms with Crippen LogP contribution >= 0.6 is 0 Å². The van der Waals surface area contributed by atoms with Crippen molar-refractivity contribution in [2.45, 2.75) is 44.3 Å². The van der Waals surface area contributed by atoms with E-state index in [1.807, 2.05) is 25.1 Å². The van der Waals surface area contributed by atoms with Crippen LogP contribution in [0.3, 0.4) is 0 Å². The van der Waals surface area contributed by atoms with Crippen LogP contribution < -0.4 is 0 Å². The minimum atomic E-state index is -0.900. The lowest BCUT2D eigenvalue weighted by Gasteiger charge is -2.26. The number of hydrogen-bond acceptors (Lipinski definition) is 6. The van der Waals surface area contributed by atoms with Crippen LogP contribution in [-0.4, -0.2) is 55.6 Å². The second kappa shape index (κ2) is 10.8. The van der Waals surface area contributed by atoms with E-state index in [0.29, 0.717) is 37.5 Å². The molecule has 6 nitrogen and oxygen atoms in total. The Balaban J connectivity index is 1.28. The lowest BCUT2D eigenvalue weighted by Crippen LogP contribution is -2.44. The standard InChI is InChI=1S/C32H33N3O3/c1-32(29-33-26(20-36-29)17-23-11-5-2-6-12-23,30-34-27(21-37-30)18-24-13-7-3-8-14-24)31-35-28(22-38-31)19-25-15-9-4-10-16-25/h2-16,26-28H,17-22H2,1H3/t26-,27-,28-/m0/s1. The van der Waals surface area contributed by atoms with E-state index in [9.17, 15) is 0 Å². The fourth-order valence-corrected chi connectivity index (χ4v) is 5.31. The van der Waals surface area contributed by atoms with E-state index in [-0.39, 0.29) is 18.1 Å². The molecule has 0 saturated carbocycles. The molecule has 194 valence electrons. The van der Waals surface area contributed by atoms with Crippen LogP contribution in [0.15, 0.2) is 106 Å². The minimum absolute atomic E-state index is 0.0240. The molecule has 3 aliphatic heterocycles. The Morgan fingerprint density at radius 1 is 0.526 bits per heavy atom. The van der Waals surface area contributed by atoms with Crippen molar-refractivity contribution in [3.63, 3.8) is 0 Å². The maximum atomic E-state index is 6.26. The molecular weight excluding hydrogens is 474 g/mol. The molecule has 0 saturated heterocycles. The lowest BCUT2D eigenvalue weighted by molar-refractivity contribution is 0.252. The van der Waals surface area contributed by atoms with Crippen LogP contribution in [0.25, 0.3) is 0 Å². The molecule has 3 aromatic carbocycles. The molecule has 0 N–H and O–H groups in total. The first kappa shape index (κ1) is 24.4. The van der Waals surface area contributed by atoms with Gasteiger partial charge in [0.15, 0.2) is 5.41 Å². The molecule has 0 aliphatic carbocycles. The summed E-state index contributed by atoms with van der Waals surface area (Å²) < 4.78 is 18.8. The average molecular weight is 508 g/mol. The van der Waals surface area contributed by atoms with Crippen molar-refractivity contribution in [1.29, 1.82) is 0 Å². The molecule has 0 fully saturated rings. The van der Waals surface area contributed by atoms with Crippen molar-refractivity contribution >= 4 is 17.7 Å². The van der Waals surface area contributed by atoms with Crippen LogP contribution in [0.1, 0.15) is 23.6 Å². The summed E-state index contributed by atoms with van der Waals surface area (Å²) in [5.41, 5.74) is 2.81. The largest absolute Gasteiger partial charge is 0.478 e. The molecular formula is C32H33N3O3. The van der Waals surface area contributed by atoms with E-state index in [4.69, 9.17) is 29.2 Å². The molecule has 6 heteroatoms. The van der Waals surface area contributed by atoms with Gasteiger partial charge in [-0.1, -0.05) is 91.0 Å². The van der Waals surface area contributed by atoms with E-state index in [1.54, 1.807) is 0 Å². The van der Waals surface area contributed by atoms with E-state index in [0.717, 1.165) is 19.3 Å². The second-order valence-electron chi connectivity index (χ2n) is 10.4. The Hall–Kier alpha value is -3.93. The summed E-state index contributed by atoms with van der Waals surface area (Å²) in [6, 6.07) is 31.3. The summed E-state index contributed by atoms with van der Waals surface area (Å²) in [7, 11) is 0. The van der Waals surface area contributed by atoms with Crippen molar-refractivity contribution in [1.82, 2.24) is 0 Å². The highest BCUT2D eigenvalue weighted by molar-refractivity contribution is 6.23. The van der Waals surface area contributed by atoms with Gasteiger partial charge in [-0.25, -0.2) is 15.0 Å². The van der Waals surface area contributed by atoms with Gasteiger partial charge < -0.3 is 14.2 Å². The molecule has 3 atom stereocenters. The van der Waals surface area contributed by atoms with Gasteiger partial charge >= 0.3 is 0 Å². The highest BCUT2D eigenvalue weighted by atomic mass is 16.5. The van der Waals surface area contributed by atoms with Crippen molar-refractivity contribution < 1.29 is 14.2 Å². The third kappa shape index (κ3) is 5.21. The van der Waals surface area contributed by atoms with Gasteiger partial charge in [-0.3, -0.25) is 0 Å². The Labute approximate surface area is 224 Å². The molecule has 0 spiro atoms. The molecule has 3 heterocycles. The molecule has 0 amide bonds. The maximum absolute atomic E-state index is 6.26. The summed E-state index contributed by atoms with van der Waals surface area (Å²) in [5, 5.41) is 0. The van der Waals surface area contributed by atoms with Crippen molar-refractivity contribution in [3.8, 4) is 0 Å². The lowest BCUT2D eigenvalue weighted by atomic mass is 9.89. The summed E-state index contributed by atoms with van der Waals surface area (Å²) in [6.45, 7) is 3.58. The van der Waals surface area contributed by atoms with Crippen molar-refractivity contribution in [2.24, 2.45) is 20.4 Å². The number of aliphatic imine (C=N–C) groups is 3. The smallest absolute Gasteiger partial charge is 0.209 e. The van der Waals surface area contributed by atoms with Crippen LogP contribution in [0.4, 0.5) is 0 Å². The Bertz CT molecular complexity index is 1160. The highest BCUT2D eigenvalue weighted by Crippen LogP contribution is 2.35. The molecule has 0 aromatic heterocycles. The molecule has 0 radical (unpaired) electrons. The molecule has 3 aliphatic rings. The SMILES string of the molecule is CC(C1=N[C@@H](Cc2ccccc2)CO1)(C1=N[C@@H](Cc2ccccc2)CO1)C1=N[C@@H](Cc2ccccc2)CO1. The third-order valence-electron chi connectivity index (χ3n) is 7.36. The Morgan fingerprint density at radius 2 is 0.816 bits per heavy atom. The summed E-state index contributed by atoms with van der Waals surface area (Å²) in [5.74, 6) is 1.74. The first-order chi connectivity index (χ1) is 18.7. The van der Waals surface area contributed by atoms with E-state index in [1.165, 1.54) is 16.7 Å². The minimum Gasteiger partial charge on any atom is -0.478 e. The first-order valence-electron chi connectivity index (χ1n) is 13.4. The summed E-state index contributed by atoms with van der Waals surface area (Å²) in [4.78, 5) is 15.1. The number of ether oxygens (including phenoxy) is 3. The highest BCUT2D eigenvalue weighted by Gasteiger charge is 2.52. The summed E-state index contributed by atoms with van der Waals surface area (Å²) >= 11 is 0. The molecule has 0 unspecified atom stereocenters. The number of nitrogens with zero attached hydrogens (tertiary/aromatic N) is 3. The van der Waals surface area contributed by atoms with E-state index in [2.05, 4.69) is 72.8 Å². The number of benzene rings is 3. The molecule has 6 rings (SSSR count). The Morgan fingerprint density at radius 3 is 1.11 bits per heavy atom. The zero-order chi connectivity index (χ0) is 25.8.